The number of para-hydroxylation sites is 1. The van der Waals surface area contributed by atoms with E-state index in [4.69, 9.17) is 11.6 Å². The molecule has 4 nitrogen and oxygen atoms in total. The highest BCUT2D eigenvalue weighted by Crippen LogP contribution is 2.22. The molecule has 1 aromatic heterocycles. The zero-order valence-electron chi connectivity index (χ0n) is 13.3. The second kappa shape index (κ2) is 7.17. The van der Waals surface area contributed by atoms with Crippen molar-refractivity contribution in [3.63, 3.8) is 0 Å². The Bertz CT molecular complexity index is 797. The molecule has 2 aromatic rings. The Morgan fingerprint density at radius 1 is 1.39 bits per heavy atom. The lowest BCUT2D eigenvalue weighted by atomic mass is 10.2. The molecule has 0 atom stereocenters. The number of nitrogens with one attached hydrogen (secondary N) is 1. The van der Waals surface area contributed by atoms with Gasteiger partial charge in [0.15, 0.2) is 0 Å². The molecule has 5 heteroatoms. The van der Waals surface area contributed by atoms with Crippen molar-refractivity contribution in [2.75, 3.05) is 5.32 Å². The van der Waals surface area contributed by atoms with E-state index in [2.05, 4.69) is 23.7 Å². The van der Waals surface area contributed by atoms with Crippen LogP contribution in [0.25, 0.3) is 6.08 Å². The number of hydrogen-bond acceptors (Lipinski definition) is 2. The van der Waals surface area contributed by atoms with Crippen LogP contribution in [-0.4, -0.2) is 10.5 Å². The van der Waals surface area contributed by atoms with E-state index in [9.17, 15) is 10.1 Å². The number of nitriles is 1. The lowest BCUT2D eigenvalue weighted by molar-refractivity contribution is -0.112. The number of amides is 1. The third kappa shape index (κ3) is 4.02. The summed E-state index contributed by atoms with van der Waals surface area (Å²) in [6.07, 6.45) is 3.51. The van der Waals surface area contributed by atoms with Crippen LogP contribution in [0.3, 0.4) is 0 Å². The zero-order valence-corrected chi connectivity index (χ0v) is 14.1. The SMILES string of the molecule is Cc1cc(/C=C(\C#N)C(=O)Nc2ccccc2Cl)cn1C(C)C. The van der Waals surface area contributed by atoms with Gasteiger partial charge in [-0.05, 0) is 50.6 Å². The smallest absolute Gasteiger partial charge is 0.266 e. The number of carbonyl (C=O) groups is 1. The van der Waals surface area contributed by atoms with E-state index < -0.39 is 5.91 Å². The van der Waals surface area contributed by atoms with Crippen LogP contribution in [0.2, 0.25) is 5.02 Å². The van der Waals surface area contributed by atoms with Gasteiger partial charge in [-0.2, -0.15) is 5.26 Å². The number of anilines is 1. The lowest BCUT2D eigenvalue weighted by Gasteiger charge is -2.08. The highest BCUT2D eigenvalue weighted by molar-refractivity contribution is 6.34. The second-order valence-electron chi connectivity index (χ2n) is 5.52. The molecule has 0 fully saturated rings. The normalized spacial score (nSPS) is 11.4. The molecule has 0 spiro atoms. The van der Waals surface area contributed by atoms with Gasteiger partial charge >= 0.3 is 0 Å². The molecular formula is C18H18ClN3O. The molecule has 0 aliphatic carbocycles. The van der Waals surface area contributed by atoms with Crippen LogP contribution >= 0.6 is 11.6 Å². The van der Waals surface area contributed by atoms with E-state index in [-0.39, 0.29) is 5.57 Å². The lowest BCUT2D eigenvalue weighted by Crippen LogP contribution is -2.13. The number of hydrogen-bond donors (Lipinski definition) is 1. The van der Waals surface area contributed by atoms with Gasteiger partial charge < -0.3 is 9.88 Å². The van der Waals surface area contributed by atoms with Gasteiger partial charge in [0.1, 0.15) is 11.6 Å². The van der Waals surface area contributed by atoms with Crippen LogP contribution in [0.5, 0.6) is 0 Å². The van der Waals surface area contributed by atoms with Crippen molar-refractivity contribution < 1.29 is 4.79 Å². The summed E-state index contributed by atoms with van der Waals surface area (Å²) < 4.78 is 2.09. The number of halogens is 1. The van der Waals surface area contributed by atoms with Gasteiger partial charge in [-0.1, -0.05) is 23.7 Å². The summed E-state index contributed by atoms with van der Waals surface area (Å²) >= 11 is 6.01. The van der Waals surface area contributed by atoms with E-state index in [1.165, 1.54) is 0 Å². The fourth-order valence-corrected chi connectivity index (χ4v) is 2.50. The molecule has 2 rings (SSSR count). The maximum atomic E-state index is 12.3. The molecule has 0 aliphatic heterocycles. The standard InChI is InChI=1S/C18H18ClN3O/c1-12(2)22-11-14(8-13(22)3)9-15(10-20)18(23)21-17-7-5-4-6-16(17)19/h4-9,11-12H,1-3H3,(H,21,23)/b15-9+. The quantitative estimate of drug-likeness (QED) is 0.660. The minimum atomic E-state index is -0.476. The predicted molar refractivity (Wildman–Crippen MR) is 93.2 cm³/mol. The maximum Gasteiger partial charge on any atom is 0.266 e. The molecule has 0 saturated carbocycles. The van der Waals surface area contributed by atoms with Crippen LogP contribution in [0.15, 0.2) is 42.1 Å². The Labute approximate surface area is 141 Å². The maximum absolute atomic E-state index is 12.3. The third-order valence-corrected chi connectivity index (χ3v) is 3.76. The van der Waals surface area contributed by atoms with Crippen LogP contribution in [0.4, 0.5) is 5.69 Å². The molecule has 1 aromatic carbocycles. The van der Waals surface area contributed by atoms with Crippen molar-refractivity contribution >= 4 is 29.3 Å². The molecule has 1 N–H and O–H groups in total. The van der Waals surface area contributed by atoms with Crippen molar-refractivity contribution in [2.45, 2.75) is 26.8 Å². The van der Waals surface area contributed by atoms with E-state index in [1.807, 2.05) is 25.3 Å². The number of carbonyl (C=O) groups excluding carboxylic acids is 1. The number of nitrogens with zero attached hydrogens (tertiary/aromatic N) is 2. The average Bonchev–Trinajstić information content (AvgIpc) is 2.88. The molecule has 23 heavy (non-hydrogen) atoms. The van der Waals surface area contributed by atoms with Crippen LogP contribution in [0, 0.1) is 18.3 Å². The topological polar surface area (TPSA) is 57.8 Å². The summed E-state index contributed by atoms with van der Waals surface area (Å²) in [6.45, 7) is 6.15. The minimum Gasteiger partial charge on any atom is -0.349 e. The van der Waals surface area contributed by atoms with Crippen molar-refractivity contribution in [2.24, 2.45) is 0 Å². The Hall–Kier alpha value is -2.51. The van der Waals surface area contributed by atoms with Crippen LogP contribution in [0.1, 0.15) is 31.1 Å². The zero-order chi connectivity index (χ0) is 17.0. The Balaban J connectivity index is 2.25. The minimum absolute atomic E-state index is 0.0332. The summed E-state index contributed by atoms with van der Waals surface area (Å²) in [5.41, 5.74) is 2.42. The average molecular weight is 328 g/mol. The van der Waals surface area contributed by atoms with E-state index >= 15 is 0 Å². The van der Waals surface area contributed by atoms with Crippen LogP contribution in [-0.2, 0) is 4.79 Å². The number of rotatable bonds is 4. The number of aromatic nitrogens is 1. The highest BCUT2D eigenvalue weighted by Gasteiger charge is 2.12. The first-order chi connectivity index (χ1) is 10.9. The molecular weight excluding hydrogens is 310 g/mol. The van der Waals surface area contributed by atoms with E-state index in [0.717, 1.165) is 11.3 Å². The molecule has 118 valence electrons. The molecule has 0 saturated heterocycles. The van der Waals surface area contributed by atoms with Gasteiger partial charge in [-0.15, -0.1) is 0 Å². The summed E-state index contributed by atoms with van der Waals surface area (Å²) in [4.78, 5) is 12.3. The van der Waals surface area contributed by atoms with Gasteiger partial charge in [-0.3, -0.25) is 4.79 Å². The number of benzene rings is 1. The van der Waals surface area contributed by atoms with Gasteiger partial charge in [0, 0.05) is 17.9 Å². The van der Waals surface area contributed by atoms with Gasteiger partial charge in [0.05, 0.1) is 10.7 Å². The Kier molecular flexibility index (Phi) is 5.25. The summed E-state index contributed by atoms with van der Waals surface area (Å²) in [7, 11) is 0. The van der Waals surface area contributed by atoms with Crippen molar-refractivity contribution in [1.29, 1.82) is 5.26 Å². The van der Waals surface area contributed by atoms with E-state index in [1.54, 1.807) is 30.3 Å². The first-order valence-electron chi connectivity index (χ1n) is 7.28. The van der Waals surface area contributed by atoms with Gasteiger partial charge in [0.25, 0.3) is 5.91 Å². The molecule has 0 radical (unpaired) electrons. The summed E-state index contributed by atoms with van der Waals surface area (Å²) in [5.74, 6) is -0.476. The molecule has 0 bridgehead atoms. The summed E-state index contributed by atoms with van der Waals surface area (Å²) in [6, 6.07) is 11.1. The third-order valence-electron chi connectivity index (χ3n) is 3.43. The molecule has 1 heterocycles. The van der Waals surface area contributed by atoms with Crippen molar-refractivity contribution in [3.05, 3.63) is 58.4 Å². The van der Waals surface area contributed by atoms with Gasteiger partial charge in [-0.25, -0.2) is 0 Å². The first-order valence-corrected chi connectivity index (χ1v) is 7.66. The monoisotopic (exact) mass is 327 g/mol. The van der Waals surface area contributed by atoms with E-state index in [0.29, 0.717) is 16.8 Å². The summed E-state index contributed by atoms with van der Waals surface area (Å²) in [5, 5.41) is 12.4. The fourth-order valence-electron chi connectivity index (χ4n) is 2.32. The Morgan fingerprint density at radius 3 is 2.65 bits per heavy atom. The van der Waals surface area contributed by atoms with Gasteiger partial charge in [0.2, 0.25) is 0 Å². The Morgan fingerprint density at radius 2 is 2.09 bits per heavy atom. The number of aryl methyl sites for hydroxylation is 1. The molecule has 0 aliphatic rings. The highest BCUT2D eigenvalue weighted by atomic mass is 35.5. The molecule has 1 amide bonds. The largest absolute Gasteiger partial charge is 0.349 e. The van der Waals surface area contributed by atoms with Crippen molar-refractivity contribution in [3.8, 4) is 6.07 Å². The predicted octanol–water partition coefficient (Wildman–Crippen LogP) is 4.58. The van der Waals surface area contributed by atoms with Crippen molar-refractivity contribution in [1.82, 2.24) is 4.57 Å². The molecule has 0 unspecified atom stereocenters. The fraction of sp³-hybridized carbons (Fsp3) is 0.222. The second-order valence-corrected chi connectivity index (χ2v) is 5.93. The first kappa shape index (κ1) is 16.9. The van der Waals surface area contributed by atoms with Crippen LogP contribution < -0.4 is 5.32 Å².